The van der Waals surface area contributed by atoms with Gasteiger partial charge in [-0.05, 0) is 12.3 Å². The highest BCUT2D eigenvalue weighted by Gasteiger charge is 2.33. The summed E-state index contributed by atoms with van der Waals surface area (Å²) in [5.41, 5.74) is 0. The third kappa shape index (κ3) is 5.98. The van der Waals surface area contributed by atoms with Crippen molar-refractivity contribution >= 4 is 21.9 Å². The number of carboxylic acid groups (broad SMARTS) is 1. The second-order valence-corrected chi connectivity index (χ2v) is 7.33. The molecule has 0 saturated carbocycles. The lowest BCUT2D eigenvalue weighted by molar-refractivity contribution is -0.160. The maximum absolute atomic E-state index is 12.4. The van der Waals surface area contributed by atoms with E-state index in [1.807, 2.05) is 13.8 Å². The fraction of sp³-hybridized carbons (Fsp3) is 0.833. The van der Waals surface area contributed by atoms with Crippen molar-refractivity contribution in [3.05, 3.63) is 0 Å². The number of sulfonamides is 1. The molecule has 1 rings (SSSR count). The Morgan fingerprint density at radius 2 is 2.05 bits per heavy atom. The molecule has 8 nitrogen and oxygen atoms in total. The molecule has 1 aliphatic rings. The van der Waals surface area contributed by atoms with Crippen molar-refractivity contribution in [2.24, 2.45) is 5.92 Å². The molecule has 2 atom stereocenters. The number of rotatable bonds is 6. The largest absolute Gasteiger partial charge is 0.479 e. The van der Waals surface area contributed by atoms with Gasteiger partial charge in [0.25, 0.3) is 0 Å². The van der Waals surface area contributed by atoms with Gasteiger partial charge >= 0.3 is 5.97 Å². The first-order valence-electron chi connectivity index (χ1n) is 6.70. The SMILES string of the molecule is CC(C)CC(NS(C)(=O)=O)C(=O)N1CCOC(C(=O)O)C1. The number of ether oxygens (including phenoxy) is 1. The van der Waals surface area contributed by atoms with Crippen molar-refractivity contribution in [3.63, 3.8) is 0 Å². The first-order valence-corrected chi connectivity index (χ1v) is 8.59. The van der Waals surface area contributed by atoms with Crippen LogP contribution in [0, 0.1) is 5.92 Å². The number of hydrogen-bond acceptors (Lipinski definition) is 5. The second-order valence-electron chi connectivity index (χ2n) is 5.55. The van der Waals surface area contributed by atoms with Crippen LogP contribution >= 0.6 is 0 Å². The Morgan fingerprint density at radius 1 is 1.43 bits per heavy atom. The molecular weight excluding hydrogens is 300 g/mol. The highest BCUT2D eigenvalue weighted by Crippen LogP contribution is 2.12. The van der Waals surface area contributed by atoms with Gasteiger partial charge in [0.15, 0.2) is 6.10 Å². The molecule has 2 unspecified atom stereocenters. The summed E-state index contributed by atoms with van der Waals surface area (Å²) in [6.07, 6.45) is 0.272. The Morgan fingerprint density at radius 3 is 2.52 bits per heavy atom. The van der Waals surface area contributed by atoms with Gasteiger partial charge in [0.05, 0.1) is 19.4 Å². The summed E-state index contributed by atoms with van der Waals surface area (Å²) in [7, 11) is -3.53. The zero-order valence-electron chi connectivity index (χ0n) is 12.4. The van der Waals surface area contributed by atoms with Gasteiger partial charge in [-0.2, -0.15) is 0 Å². The van der Waals surface area contributed by atoms with Gasteiger partial charge in [-0.15, -0.1) is 0 Å². The number of morpholine rings is 1. The third-order valence-electron chi connectivity index (χ3n) is 3.02. The minimum absolute atomic E-state index is 0.0752. The maximum Gasteiger partial charge on any atom is 0.334 e. The van der Waals surface area contributed by atoms with Crippen molar-refractivity contribution in [2.45, 2.75) is 32.4 Å². The average molecular weight is 322 g/mol. The molecule has 0 bridgehead atoms. The van der Waals surface area contributed by atoms with Gasteiger partial charge in [-0.1, -0.05) is 13.8 Å². The lowest BCUT2D eigenvalue weighted by Crippen LogP contribution is -2.55. The van der Waals surface area contributed by atoms with E-state index in [4.69, 9.17) is 9.84 Å². The highest BCUT2D eigenvalue weighted by atomic mass is 32.2. The Labute approximate surface area is 124 Å². The molecule has 1 heterocycles. The second kappa shape index (κ2) is 7.19. The number of carbonyl (C=O) groups is 2. The number of amides is 1. The average Bonchev–Trinajstić information content (AvgIpc) is 2.35. The lowest BCUT2D eigenvalue weighted by atomic mass is 10.0. The fourth-order valence-electron chi connectivity index (χ4n) is 2.15. The summed E-state index contributed by atoms with van der Waals surface area (Å²) >= 11 is 0. The molecule has 1 amide bonds. The van der Waals surface area contributed by atoms with Crippen LogP contribution < -0.4 is 4.72 Å². The van der Waals surface area contributed by atoms with Crippen molar-refractivity contribution in [1.29, 1.82) is 0 Å². The van der Waals surface area contributed by atoms with E-state index in [1.54, 1.807) is 0 Å². The molecule has 0 radical (unpaired) electrons. The normalized spacial score (nSPS) is 21.3. The molecule has 0 aromatic rings. The number of carbonyl (C=O) groups excluding carboxylic acids is 1. The molecule has 1 saturated heterocycles. The number of nitrogens with one attached hydrogen (secondary N) is 1. The van der Waals surface area contributed by atoms with Gasteiger partial charge in [0, 0.05) is 6.54 Å². The standard InChI is InChI=1S/C12H22N2O6S/c1-8(2)6-9(13-21(3,18)19)11(15)14-4-5-20-10(7-14)12(16)17/h8-10,13H,4-7H2,1-3H3,(H,16,17). The van der Waals surface area contributed by atoms with Crippen LogP contribution in [0.2, 0.25) is 0 Å². The number of hydrogen-bond donors (Lipinski definition) is 2. The van der Waals surface area contributed by atoms with Crippen molar-refractivity contribution in [2.75, 3.05) is 26.0 Å². The van der Waals surface area contributed by atoms with E-state index in [0.717, 1.165) is 6.26 Å². The van der Waals surface area contributed by atoms with Crippen LogP contribution in [0.3, 0.4) is 0 Å². The fourth-order valence-corrected chi connectivity index (χ4v) is 2.86. The van der Waals surface area contributed by atoms with E-state index in [-0.39, 0.29) is 25.6 Å². The Kier molecular flexibility index (Phi) is 6.11. The molecular formula is C12H22N2O6S. The summed E-state index contributed by atoms with van der Waals surface area (Å²) in [5, 5.41) is 8.93. The maximum atomic E-state index is 12.4. The van der Waals surface area contributed by atoms with E-state index in [9.17, 15) is 18.0 Å². The van der Waals surface area contributed by atoms with Gasteiger partial charge in [-0.3, -0.25) is 4.79 Å². The Balaban J connectivity index is 2.81. The number of nitrogens with zero attached hydrogens (tertiary/aromatic N) is 1. The van der Waals surface area contributed by atoms with Gasteiger partial charge in [-0.25, -0.2) is 17.9 Å². The Bertz CT molecular complexity index is 490. The minimum atomic E-state index is -3.53. The molecule has 122 valence electrons. The van der Waals surface area contributed by atoms with Crippen LogP contribution in [0.15, 0.2) is 0 Å². The number of aliphatic carboxylic acids is 1. The number of carboxylic acids is 1. The van der Waals surface area contributed by atoms with E-state index >= 15 is 0 Å². The quantitative estimate of drug-likeness (QED) is 0.666. The first-order chi connectivity index (χ1) is 9.60. The van der Waals surface area contributed by atoms with E-state index in [2.05, 4.69) is 4.72 Å². The molecule has 1 fully saturated rings. The van der Waals surface area contributed by atoms with Crippen molar-refractivity contribution in [1.82, 2.24) is 9.62 Å². The van der Waals surface area contributed by atoms with Crippen LogP contribution in [-0.2, 0) is 24.3 Å². The van der Waals surface area contributed by atoms with E-state index in [0.29, 0.717) is 6.42 Å². The van der Waals surface area contributed by atoms with Gasteiger partial charge < -0.3 is 14.7 Å². The van der Waals surface area contributed by atoms with Crippen LogP contribution in [0.25, 0.3) is 0 Å². The first kappa shape index (κ1) is 17.9. The predicted molar refractivity (Wildman–Crippen MR) is 75.2 cm³/mol. The monoisotopic (exact) mass is 322 g/mol. The summed E-state index contributed by atoms with van der Waals surface area (Å²) in [6, 6.07) is -0.882. The Hall–Kier alpha value is -1.19. The van der Waals surface area contributed by atoms with E-state index in [1.165, 1.54) is 4.90 Å². The van der Waals surface area contributed by atoms with Crippen LogP contribution in [0.4, 0.5) is 0 Å². The van der Waals surface area contributed by atoms with Gasteiger partial charge in [0.1, 0.15) is 6.04 Å². The summed E-state index contributed by atoms with van der Waals surface area (Å²) < 4.78 is 30.1. The van der Waals surface area contributed by atoms with Crippen molar-refractivity contribution < 1.29 is 27.9 Å². The predicted octanol–water partition coefficient (Wildman–Crippen LogP) is -0.738. The highest BCUT2D eigenvalue weighted by molar-refractivity contribution is 7.88. The molecule has 1 aliphatic heterocycles. The van der Waals surface area contributed by atoms with Crippen LogP contribution in [0.1, 0.15) is 20.3 Å². The summed E-state index contributed by atoms with van der Waals surface area (Å²) in [4.78, 5) is 24.7. The summed E-state index contributed by atoms with van der Waals surface area (Å²) in [6.45, 7) is 4.06. The van der Waals surface area contributed by atoms with Crippen molar-refractivity contribution in [3.8, 4) is 0 Å². The molecule has 0 aliphatic carbocycles. The lowest BCUT2D eigenvalue weighted by Gasteiger charge is -2.33. The topological polar surface area (TPSA) is 113 Å². The molecule has 0 aromatic heterocycles. The van der Waals surface area contributed by atoms with Gasteiger partial charge in [0.2, 0.25) is 15.9 Å². The smallest absolute Gasteiger partial charge is 0.334 e. The zero-order valence-corrected chi connectivity index (χ0v) is 13.2. The molecule has 2 N–H and O–H groups in total. The van der Waals surface area contributed by atoms with E-state index < -0.39 is 34.0 Å². The van der Waals surface area contributed by atoms with Crippen LogP contribution in [0.5, 0.6) is 0 Å². The zero-order chi connectivity index (χ0) is 16.2. The van der Waals surface area contributed by atoms with Crippen LogP contribution in [-0.4, -0.2) is 68.4 Å². The molecule has 9 heteroatoms. The minimum Gasteiger partial charge on any atom is -0.479 e. The third-order valence-corrected chi connectivity index (χ3v) is 3.73. The molecule has 0 spiro atoms. The summed E-state index contributed by atoms with van der Waals surface area (Å²) in [5.74, 6) is -1.43. The molecule has 21 heavy (non-hydrogen) atoms. The molecule has 0 aromatic carbocycles.